The second kappa shape index (κ2) is 6.86. The Morgan fingerprint density at radius 3 is 2.81 bits per heavy atom. The number of nitrogens with zero attached hydrogens (tertiary/aromatic N) is 1. The van der Waals surface area contributed by atoms with E-state index in [0.717, 1.165) is 24.3 Å². The van der Waals surface area contributed by atoms with Crippen LogP contribution in [0, 0.1) is 18.3 Å². The van der Waals surface area contributed by atoms with E-state index in [1.54, 1.807) is 12.1 Å². The number of aryl methyl sites for hydroxylation is 1. The van der Waals surface area contributed by atoms with Gasteiger partial charge in [-0.2, -0.15) is 5.26 Å². The summed E-state index contributed by atoms with van der Waals surface area (Å²) in [6.07, 6.45) is 0.865. The Labute approximate surface area is 96.6 Å². The van der Waals surface area contributed by atoms with Gasteiger partial charge in [-0.25, -0.2) is 0 Å². The maximum Gasteiger partial charge on any atom is 0.123 e. The molecule has 1 rings (SSSR count). The van der Waals surface area contributed by atoms with Gasteiger partial charge in [0.1, 0.15) is 5.75 Å². The van der Waals surface area contributed by atoms with Gasteiger partial charge in [-0.1, -0.05) is 6.07 Å². The molecule has 0 amide bonds. The average Bonchev–Trinajstić information content (AvgIpc) is 2.31. The molecule has 0 fully saturated rings. The molecule has 1 aromatic rings. The lowest BCUT2D eigenvalue weighted by Crippen LogP contribution is -2.03. The third kappa shape index (κ3) is 3.92. The largest absolute Gasteiger partial charge is 0.493 e. The fraction of sp³-hybridized carbons (Fsp3) is 0.462. The first kappa shape index (κ1) is 12.5. The van der Waals surface area contributed by atoms with Crippen LogP contribution in [0.1, 0.15) is 24.5 Å². The molecule has 1 aromatic carbocycles. The van der Waals surface area contributed by atoms with Crippen LogP contribution in [0.15, 0.2) is 18.2 Å². The summed E-state index contributed by atoms with van der Waals surface area (Å²) < 4.78 is 10.8. The highest BCUT2D eigenvalue weighted by molar-refractivity contribution is 5.41. The van der Waals surface area contributed by atoms with Crippen LogP contribution in [-0.4, -0.2) is 19.8 Å². The van der Waals surface area contributed by atoms with Gasteiger partial charge in [0.05, 0.1) is 18.2 Å². The molecule has 0 unspecified atom stereocenters. The van der Waals surface area contributed by atoms with Crippen LogP contribution in [0.25, 0.3) is 0 Å². The molecule has 3 nitrogen and oxygen atoms in total. The zero-order chi connectivity index (χ0) is 11.8. The maximum atomic E-state index is 8.77. The Hall–Kier alpha value is -1.53. The number of hydrogen-bond acceptors (Lipinski definition) is 3. The molecule has 0 aliphatic rings. The van der Waals surface area contributed by atoms with Gasteiger partial charge >= 0.3 is 0 Å². The zero-order valence-corrected chi connectivity index (χ0v) is 9.82. The first-order chi connectivity index (χ1) is 7.77. The summed E-state index contributed by atoms with van der Waals surface area (Å²) in [6, 6.07) is 7.57. The van der Waals surface area contributed by atoms with Gasteiger partial charge in [-0.3, -0.25) is 0 Å². The molecule has 0 saturated carbocycles. The van der Waals surface area contributed by atoms with Gasteiger partial charge < -0.3 is 9.47 Å². The second-order valence-electron chi connectivity index (χ2n) is 3.49. The van der Waals surface area contributed by atoms with Crippen LogP contribution in [0.3, 0.4) is 0 Å². The van der Waals surface area contributed by atoms with Crippen molar-refractivity contribution in [3.63, 3.8) is 0 Å². The van der Waals surface area contributed by atoms with Crippen LogP contribution >= 0.6 is 0 Å². The van der Waals surface area contributed by atoms with Crippen LogP contribution in [0.4, 0.5) is 0 Å². The van der Waals surface area contributed by atoms with Crippen molar-refractivity contribution in [3.05, 3.63) is 29.3 Å². The Morgan fingerprint density at radius 1 is 1.31 bits per heavy atom. The molecule has 0 aliphatic carbocycles. The minimum absolute atomic E-state index is 0.621. The molecule has 0 aromatic heterocycles. The van der Waals surface area contributed by atoms with E-state index in [9.17, 15) is 0 Å². The summed E-state index contributed by atoms with van der Waals surface area (Å²) in [4.78, 5) is 0. The first-order valence-corrected chi connectivity index (χ1v) is 5.49. The molecule has 0 bridgehead atoms. The van der Waals surface area contributed by atoms with E-state index in [1.165, 1.54) is 0 Å². The van der Waals surface area contributed by atoms with Crippen LogP contribution in [-0.2, 0) is 4.74 Å². The van der Waals surface area contributed by atoms with Crippen LogP contribution in [0.5, 0.6) is 5.75 Å². The smallest absolute Gasteiger partial charge is 0.123 e. The molecule has 0 radical (unpaired) electrons. The molecular formula is C13H17NO2. The van der Waals surface area contributed by atoms with Crippen molar-refractivity contribution in [3.8, 4) is 11.8 Å². The molecular weight excluding hydrogens is 202 g/mol. The Morgan fingerprint density at radius 2 is 2.12 bits per heavy atom. The number of hydrogen-bond donors (Lipinski definition) is 0. The van der Waals surface area contributed by atoms with Gasteiger partial charge in [0.25, 0.3) is 0 Å². The molecule has 0 atom stereocenters. The summed E-state index contributed by atoms with van der Waals surface area (Å²) in [5.74, 6) is 0.788. The third-order valence-corrected chi connectivity index (χ3v) is 2.21. The number of benzene rings is 1. The Balaban J connectivity index is 2.44. The minimum atomic E-state index is 0.621. The summed E-state index contributed by atoms with van der Waals surface area (Å²) >= 11 is 0. The molecule has 0 spiro atoms. The van der Waals surface area contributed by atoms with E-state index in [1.807, 2.05) is 19.9 Å². The molecule has 3 heteroatoms. The molecule has 16 heavy (non-hydrogen) atoms. The normalized spacial score (nSPS) is 9.81. The van der Waals surface area contributed by atoms with E-state index in [0.29, 0.717) is 18.8 Å². The highest BCUT2D eigenvalue weighted by atomic mass is 16.5. The summed E-state index contributed by atoms with van der Waals surface area (Å²) in [6.45, 7) is 6.02. The number of nitriles is 1. The van der Waals surface area contributed by atoms with Crippen LogP contribution in [0.2, 0.25) is 0 Å². The van der Waals surface area contributed by atoms with Crippen molar-refractivity contribution in [2.24, 2.45) is 0 Å². The molecule has 0 aliphatic heterocycles. The highest BCUT2D eigenvalue weighted by Gasteiger charge is 2.01. The SMILES string of the molecule is CCOCCCOc1cc(C#N)ccc1C. The molecule has 0 N–H and O–H groups in total. The third-order valence-electron chi connectivity index (χ3n) is 2.21. The van der Waals surface area contributed by atoms with E-state index in [2.05, 4.69) is 6.07 Å². The van der Waals surface area contributed by atoms with Crippen molar-refractivity contribution in [2.45, 2.75) is 20.3 Å². The predicted molar refractivity (Wildman–Crippen MR) is 62.5 cm³/mol. The standard InChI is InChI=1S/C13H17NO2/c1-3-15-7-4-8-16-13-9-12(10-14)6-5-11(13)2/h5-6,9H,3-4,7-8H2,1-2H3. The predicted octanol–water partition coefficient (Wildman–Crippen LogP) is 2.67. The summed E-state index contributed by atoms with van der Waals surface area (Å²) in [5.41, 5.74) is 1.68. The fourth-order valence-corrected chi connectivity index (χ4v) is 1.31. The van der Waals surface area contributed by atoms with E-state index in [4.69, 9.17) is 14.7 Å². The lowest BCUT2D eigenvalue weighted by molar-refractivity contribution is 0.130. The zero-order valence-electron chi connectivity index (χ0n) is 9.82. The van der Waals surface area contributed by atoms with Gasteiger partial charge in [0.2, 0.25) is 0 Å². The Bertz CT molecular complexity index is 369. The van der Waals surface area contributed by atoms with Crippen molar-refractivity contribution in [1.29, 1.82) is 5.26 Å². The lowest BCUT2D eigenvalue weighted by atomic mass is 10.1. The molecule has 0 heterocycles. The van der Waals surface area contributed by atoms with Gasteiger partial charge in [-0.05, 0) is 31.5 Å². The van der Waals surface area contributed by atoms with E-state index in [-0.39, 0.29) is 0 Å². The second-order valence-corrected chi connectivity index (χ2v) is 3.49. The van der Waals surface area contributed by atoms with Crippen molar-refractivity contribution in [2.75, 3.05) is 19.8 Å². The van der Waals surface area contributed by atoms with Gasteiger partial charge in [0.15, 0.2) is 0 Å². The topological polar surface area (TPSA) is 42.2 Å². The van der Waals surface area contributed by atoms with Crippen molar-refractivity contribution in [1.82, 2.24) is 0 Å². The van der Waals surface area contributed by atoms with Gasteiger partial charge in [0, 0.05) is 19.6 Å². The monoisotopic (exact) mass is 219 g/mol. The quantitative estimate of drug-likeness (QED) is 0.691. The first-order valence-electron chi connectivity index (χ1n) is 5.49. The molecule has 0 saturated heterocycles. The minimum Gasteiger partial charge on any atom is -0.493 e. The number of ether oxygens (including phenoxy) is 2. The summed E-state index contributed by atoms with van der Waals surface area (Å²) in [5, 5.41) is 8.77. The maximum absolute atomic E-state index is 8.77. The summed E-state index contributed by atoms with van der Waals surface area (Å²) in [7, 11) is 0. The van der Waals surface area contributed by atoms with Crippen molar-refractivity contribution >= 4 is 0 Å². The lowest BCUT2D eigenvalue weighted by Gasteiger charge is -2.09. The number of rotatable bonds is 6. The van der Waals surface area contributed by atoms with E-state index >= 15 is 0 Å². The Kier molecular flexibility index (Phi) is 5.38. The van der Waals surface area contributed by atoms with E-state index < -0.39 is 0 Å². The highest BCUT2D eigenvalue weighted by Crippen LogP contribution is 2.19. The molecule has 86 valence electrons. The average molecular weight is 219 g/mol. The van der Waals surface area contributed by atoms with Gasteiger partial charge in [-0.15, -0.1) is 0 Å². The van der Waals surface area contributed by atoms with Crippen LogP contribution < -0.4 is 4.74 Å². The fourth-order valence-electron chi connectivity index (χ4n) is 1.31. The van der Waals surface area contributed by atoms with Crippen molar-refractivity contribution < 1.29 is 9.47 Å².